The van der Waals surface area contributed by atoms with Crippen molar-refractivity contribution in [3.05, 3.63) is 46.8 Å². The van der Waals surface area contributed by atoms with Crippen LogP contribution in [0.4, 0.5) is 5.69 Å². The summed E-state index contributed by atoms with van der Waals surface area (Å²) in [6, 6.07) is 7.24. The normalized spacial score (nSPS) is 10.4. The lowest BCUT2D eigenvalue weighted by atomic mass is 10.2. The second-order valence-corrected chi connectivity index (χ2v) is 5.86. The van der Waals surface area contributed by atoms with Crippen molar-refractivity contribution in [1.29, 1.82) is 0 Å². The smallest absolute Gasteiger partial charge is 0.340 e. The third-order valence-corrected chi connectivity index (χ3v) is 4.07. The molecule has 2 aromatic rings. The maximum atomic E-state index is 12.2. The number of carbonyl (C=O) groups excluding carboxylic acids is 2. The van der Waals surface area contributed by atoms with Crippen LogP contribution in [0.1, 0.15) is 34.2 Å². The molecule has 1 heterocycles. The van der Waals surface area contributed by atoms with E-state index in [-0.39, 0.29) is 6.61 Å². The molecule has 0 fully saturated rings. The Morgan fingerprint density at radius 3 is 2.48 bits per heavy atom. The molecule has 0 unspecified atom stereocenters. The quantitative estimate of drug-likeness (QED) is 0.817. The Kier molecular flexibility index (Phi) is 5.85. The monoisotopic (exact) mass is 344 g/mol. The van der Waals surface area contributed by atoms with Gasteiger partial charge in [-0.3, -0.25) is 4.79 Å². The molecule has 6 nitrogen and oxygen atoms in total. The molecule has 0 saturated carbocycles. The van der Waals surface area contributed by atoms with Crippen LogP contribution >= 0.6 is 0 Å². The maximum absolute atomic E-state index is 12.2. The van der Waals surface area contributed by atoms with E-state index < -0.39 is 11.9 Å². The first-order chi connectivity index (χ1) is 11.9. The summed E-state index contributed by atoms with van der Waals surface area (Å²) in [5.41, 5.74) is 3.85. The molecule has 0 spiro atoms. The molecule has 1 amide bonds. The molecule has 0 aliphatic carbocycles. The molecule has 1 aromatic carbocycles. The van der Waals surface area contributed by atoms with E-state index in [9.17, 15) is 9.59 Å². The summed E-state index contributed by atoms with van der Waals surface area (Å²) >= 11 is 0. The van der Waals surface area contributed by atoms with E-state index in [1.54, 1.807) is 18.2 Å². The zero-order valence-corrected chi connectivity index (χ0v) is 15.3. The fourth-order valence-electron chi connectivity index (χ4n) is 2.81. The van der Waals surface area contributed by atoms with E-state index in [4.69, 9.17) is 9.47 Å². The van der Waals surface area contributed by atoms with Crippen LogP contribution in [-0.4, -0.2) is 30.2 Å². The van der Waals surface area contributed by atoms with Gasteiger partial charge in [0.15, 0.2) is 6.61 Å². The van der Waals surface area contributed by atoms with Crippen molar-refractivity contribution in [3.63, 3.8) is 0 Å². The van der Waals surface area contributed by atoms with Crippen LogP contribution in [0.25, 0.3) is 0 Å². The van der Waals surface area contributed by atoms with E-state index in [0.717, 1.165) is 23.5 Å². The molecule has 0 bridgehead atoms. The van der Waals surface area contributed by atoms with Crippen molar-refractivity contribution < 1.29 is 19.1 Å². The fourth-order valence-corrected chi connectivity index (χ4v) is 2.81. The molecule has 6 heteroatoms. The summed E-state index contributed by atoms with van der Waals surface area (Å²) in [4.78, 5) is 24.3. The number of nitrogens with zero attached hydrogens (tertiary/aromatic N) is 1. The lowest BCUT2D eigenvalue weighted by Crippen LogP contribution is -2.21. The minimum Gasteiger partial charge on any atom is -0.495 e. The summed E-state index contributed by atoms with van der Waals surface area (Å²) in [6.07, 6.45) is 0. The van der Waals surface area contributed by atoms with Crippen molar-refractivity contribution in [3.8, 4) is 5.75 Å². The highest BCUT2D eigenvalue weighted by Crippen LogP contribution is 2.25. The Morgan fingerprint density at radius 2 is 1.88 bits per heavy atom. The van der Waals surface area contributed by atoms with Crippen LogP contribution in [0.15, 0.2) is 24.3 Å². The molecular formula is C19H24N2O4. The molecular weight excluding hydrogens is 320 g/mol. The summed E-state index contributed by atoms with van der Waals surface area (Å²) in [5, 5.41) is 2.71. The topological polar surface area (TPSA) is 69.6 Å². The van der Waals surface area contributed by atoms with Gasteiger partial charge in [0.1, 0.15) is 5.75 Å². The predicted molar refractivity (Wildman–Crippen MR) is 96.2 cm³/mol. The second kappa shape index (κ2) is 7.88. The van der Waals surface area contributed by atoms with Gasteiger partial charge in [-0.05, 0) is 51.5 Å². The zero-order chi connectivity index (χ0) is 18.6. The van der Waals surface area contributed by atoms with Crippen molar-refractivity contribution in [2.75, 3.05) is 19.0 Å². The third kappa shape index (κ3) is 4.21. The van der Waals surface area contributed by atoms with Crippen LogP contribution in [0.5, 0.6) is 5.75 Å². The van der Waals surface area contributed by atoms with Crippen molar-refractivity contribution in [2.45, 2.75) is 34.2 Å². The van der Waals surface area contributed by atoms with Gasteiger partial charge in [0, 0.05) is 17.9 Å². The number of aryl methyl sites for hydroxylation is 2. The Bertz CT molecular complexity index is 793. The molecule has 25 heavy (non-hydrogen) atoms. The van der Waals surface area contributed by atoms with Crippen LogP contribution in [0.3, 0.4) is 0 Å². The number of hydrogen-bond acceptors (Lipinski definition) is 4. The summed E-state index contributed by atoms with van der Waals surface area (Å²) in [6.45, 7) is 8.15. The molecule has 0 aliphatic rings. The number of carbonyl (C=O) groups is 2. The molecule has 0 radical (unpaired) electrons. The molecule has 1 aromatic heterocycles. The van der Waals surface area contributed by atoms with Crippen molar-refractivity contribution in [1.82, 2.24) is 4.57 Å². The number of rotatable bonds is 6. The number of benzene rings is 1. The molecule has 0 aliphatic heterocycles. The average Bonchev–Trinajstić information content (AvgIpc) is 2.87. The Balaban J connectivity index is 2.01. The highest BCUT2D eigenvalue weighted by atomic mass is 16.5. The minimum absolute atomic E-state index is 0.355. The van der Waals surface area contributed by atoms with Gasteiger partial charge in [-0.2, -0.15) is 0 Å². The zero-order valence-electron chi connectivity index (χ0n) is 15.3. The third-order valence-electron chi connectivity index (χ3n) is 4.07. The summed E-state index contributed by atoms with van der Waals surface area (Å²) in [5.74, 6) is -0.363. The van der Waals surface area contributed by atoms with Gasteiger partial charge in [0.05, 0.1) is 18.4 Å². The van der Waals surface area contributed by atoms with Gasteiger partial charge in [-0.25, -0.2) is 4.79 Å². The molecule has 2 rings (SSSR count). The van der Waals surface area contributed by atoms with Gasteiger partial charge >= 0.3 is 5.97 Å². The number of amides is 1. The van der Waals surface area contributed by atoms with Gasteiger partial charge in [-0.1, -0.05) is 6.07 Å². The van der Waals surface area contributed by atoms with E-state index in [1.807, 2.05) is 38.3 Å². The molecule has 0 saturated heterocycles. The second-order valence-electron chi connectivity index (χ2n) is 5.86. The predicted octanol–water partition coefficient (Wildman–Crippen LogP) is 3.24. The van der Waals surface area contributed by atoms with Crippen LogP contribution in [-0.2, 0) is 16.1 Å². The first-order valence-electron chi connectivity index (χ1n) is 8.15. The first-order valence-corrected chi connectivity index (χ1v) is 8.15. The molecule has 1 N–H and O–H groups in total. The van der Waals surface area contributed by atoms with Gasteiger partial charge in [0.25, 0.3) is 5.91 Å². The van der Waals surface area contributed by atoms with Crippen LogP contribution in [0, 0.1) is 20.8 Å². The van der Waals surface area contributed by atoms with Gasteiger partial charge in [-0.15, -0.1) is 0 Å². The lowest BCUT2D eigenvalue weighted by molar-refractivity contribution is -0.119. The van der Waals surface area contributed by atoms with E-state index in [2.05, 4.69) is 5.32 Å². The fraction of sp³-hybridized carbons (Fsp3) is 0.368. The standard InChI is InChI=1S/C19H24N2O4/c1-6-21-13(3)10-15(14(21)4)19(23)25-11-18(22)20-16-9-12(2)7-8-17(16)24-5/h7-10H,6,11H2,1-5H3,(H,20,22). The Morgan fingerprint density at radius 1 is 1.16 bits per heavy atom. The Hall–Kier alpha value is -2.76. The number of esters is 1. The minimum atomic E-state index is -0.501. The Labute approximate surface area is 147 Å². The number of methoxy groups -OCH3 is 1. The van der Waals surface area contributed by atoms with Crippen LogP contribution < -0.4 is 10.1 Å². The van der Waals surface area contributed by atoms with Crippen LogP contribution in [0.2, 0.25) is 0 Å². The number of ether oxygens (including phenoxy) is 2. The van der Waals surface area contributed by atoms with Crippen molar-refractivity contribution >= 4 is 17.6 Å². The summed E-state index contributed by atoms with van der Waals surface area (Å²) in [7, 11) is 1.53. The van der Waals surface area contributed by atoms with E-state index in [1.165, 1.54) is 7.11 Å². The number of anilines is 1. The van der Waals surface area contributed by atoms with Gasteiger partial charge < -0.3 is 19.4 Å². The van der Waals surface area contributed by atoms with Gasteiger partial charge in [0.2, 0.25) is 0 Å². The molecule has 134 valence electrons. The highest BCUT2D eigenvalue weighted by molar-refractivity contribution is 5.97. The maximum Gasteiger partial charge on any atom is 0.340 e. The van der Waals surface area contributed by atoms with E-state index >= 15 is 0 Å². The lowest BCUT2D eigenvalue weighted by Gasteiger charge is -2.11. The molecule has 0 atom stereocenters. The summed E-state index contributed by atoms with van der Waals surface area (Å²) < 4.78 is 12.4. The largest absolute Gasteiger partial charge is 0.495 e. The number of hydrogen-bond donors (Lipinski definition) is 1. The van der Waals surface area contributed by atoms with E-state index in [0.29, 0.717) is 17.0 Å². The number of aromatic nitrogens is 1. The van der Waals surface area contributed by atoms with Crippen molar-refractivity contribution in [2.24, 2.45) is 0 Å². The first kappa shape index (κ1) is 18.6. The highest BCUT2D eigenvalue weighted by Gasteiger charge is 2.18. The number of nitrogens with one attached hydrogen (secondary N) is 1. The average molecular weight is 344 g/mol. The SMILES string of the molecule is CCn1c(C)cc(C(=O)OCC(=O)Nc2cc(C)ccc2OC)c1C.